The normalized spacial score (nSPS) is 19.3. The summed E-state index contributed by atoms with van der Waals surface area (Å²) in [6.07, 6.45) is 2.39. The van der Waals surface area contributed by atoms with E-state index in [1.165, 1.54) is 4.90 Å². The van der Waals surface area contributed by atoms with E-state index in [0.29, 0.717) is 15.6 Å². The first-order valence-electron chi connectivity index (χ1n) is 7.10. The zero-order valence-corrected chi connectivity index (χ0v) is 15.9. The number of thioether (sulfide) groups is 1. The SMILES string of the molecule is CC[C@H](C)[C@@H](C(=O)O)N1C(=O)/C(=C/c2cccc(Br)c2)SC1=S. The zero-order chi connectivity index (χ0) is 17.1. The lowest BCUT2D eigenvalue weighted by atomic mass is 9.98. The molecule has 1 aromatic rings. The van der Waals surface area contributed by atoms with E-state index in [-0.39, 0.29) is 11.8 Å². The molecule has 0 radical (unpaired) electrons. The number of carbonyl (C=O) groups excluding carboxylic acids is 1. The van der Waals surface area contributed by atoms with Crippen LogP contribution in [-0.4, -0.2) is 32.2 Å². The van der Waals surface area contributed by atoms with Crippen molar-refractivity contribution in [3.63, 3.8) is 0 Å². The van der Waals surface area contributed by atoms with E-state index in [9.17, 15) is 14.7 Å². The van der Waals surface area contributed by atoms with Gasteiger partial charge >= 0.3 is 5.97 Å². The summed E-state index contributed by atoms with van der Waals surface area (Å²) in [7, 11) is 0. The van der Waals surface area contributed by atoms with Crippen LogP contribution in [0.25, 0.3) is 6.08 Å². The van der Waals surface area contributed by atoms with Gasteiger partial charge in [-0.1, -0.05) is 72.3 Å². The van der Waals surface area contributed by atoms with E-state index in [2.05, 4.69) is 15.9 Å². The van der Waals surface area contributed by atoms with Crippen molar-refractivity contribution in [3.8, 4) is 0 Å². The van der Waals surface area contributed by atoms with Gasteiger partial charge in [0.05, 0.1) is 4.91 Å². The number of benzene rings is 1. The quantitative estimate of drug-likeness (QED) is 0.580. The van der Waals surface area contributed by atoms with Gasteiger partial charge in [-0.15, -0.1) is 0 Å². The van der Waals surface area contributed by atoms with Crippen molar-refractivity contribution < 1.29 is 14.7 Å². The first-order valence-corrected chi connectivity index (χ1v) is 9.12. The van der Waals surface area contributed by atoms with Crippen molar-refractivity contribution in [1.29, 1.82) is 0 Å². The Morgan fingerprint density at radius 1 is 1.52 bits per heavy atom. The lowest BCUT2D eigenvalue weighted by molar-refractivity contribution is -0.147. The first-order chi connectivity index (χ1) is 10.8. The number of halogens is 1. The Balaban J connectivity index is 2.34. The van der Waals surface area contributed by atoms with Crippen LogP contribution in [0.15, 0.2) is 33.6 Å². The number of carboxylic acid groups (broad SMARTS) is 1. The molecule has 2 rings (SSSR count). The number of amides is 1. The molecular weight excluding hydrogens is 398 g/mol. The number of hydrogen-bond acceptors (Lipinski definition) is 4. The third-order valence-electron chi connectivity index (χ3n) is 3.68. The highest BCUT2D eigenvalue weighted by Crippen LogP contribution is 2.36. The summed E-state index contributed by atoms with van der Waals surface area (Å²) < 4.78 is 1.20. The van der Waals surface area contributed by atoms with E-state index in [1.54, 1.807) is 6.08 Å². The number of nitrogens with zero attached hydrogens (tertiary/aromatic N) is 1. The van der Waals surface area contributed by atoms with E-state index < -0.39 is 12.0 Å². The molecule has 0 spiro atoms. The fourth-order valence-corrected chi connectivity index (χ4v) is 4.05. The molecule has 0 aliphatic carbocycles. The third-order valence-corrected chi connectivity index (χ3v) is 5.51. The summed E-state index contributed by atoms with van der Waals surface area (Å²) in [4.78, 5) is 25.9. The van der Waals surface area contributed by atoms with Gasteiger partial charge in [0, 0.05) is 4.47 Å². The molecule has 1 fully saturated rings. The number of thiocarbonyl (C=S) groups is 1. The standard InChI is InChI=1S/C16H16BrNO3S2/c1-3-9(2)13(15(20)21)18-14(19)12(23-16(18)22)8-10-5-4-6-11(17)7-10/h4-9,13H,3H2,1-2H3,(H,20,21)/b12-8-/t9-,13-/m0/s1. The maximum absolute atomic E-state index is 12.6. The van der Waals surface area contributed by atoms with Crippen LogP contribution in [0, 0.1) is 5.92 Å². The molecule has 1 saturated heterocycles. The molecule has 0 bridgehead atoms. The lowest BCUT2D eigenvalue weighted by Crippen LogP contribution is -2.47. The number of carbonyl (C=O) groups is 2. The Hall–Kier alpha value is -1.18. The minimum absolute atomic E-state index is 0.180. The maximum Gasteiger partial charge on any atom is 0.327 e. The predicted octanol–water partition coefficient (Wildman–Crippen LogP) is 4.15. The van der Waals surface area contributed by atoms with Gasteiger partial charge in [0.2, 0.25) is 0 Å². The second kappa shape index (κ2) is 7.59. The number of carboxylic acids is 1. The van der Waals surface area contributed by atoms with Crippen molar-refractivity contribution in [1.82, 2.24) is 4.90 Å². The zero-order valence-electron chi connectivity index (χ0n) is 12.7. The Morgan fingerprint density at radius 3 is 2.78 bits per heavy atom. The number of aliphatic carboxylic acids is 1. The average Bonchev–Trinajstić information content (AvgIpc) is 2.75. The summed E-state index contributed by atoms with van der Waals surface area (Å²) in [5, 5.41) is 9.49. The largest absolute Gasteiger partial charge is 0.480 e. The second-order valence-corrected chi connectivity index (χ2v) is 7.87. The second-order valence-electron chi connectivity index (χ2n) is 5.28. The minimum Gasteiger partial charge on any atom is -0.480 e. The minimum atomic E-state index is -1.03. The highest BCUT2D eigenvalue weighted by atomic mass is 79.9. The highest BCUT2D eigenvalue weighted by Gasteiger charge is 2.42. The van der Waals surface area contributed by atoms with Gasteiger partial charge in [-0.3, -0.25) is 9.69 Å². The Kier molecular flexibility index (Phi) is 6.00. The smallest absolute Gasteiger partial charge is 0.327 e. The average molecular weight is 414 g/mol. The molecule has 1 aromatic carbocycles. The van der Waals surface area contributed by atoms with Crippen LogP contribution in [0.4, 0.5) is 0 Å². The number of hydrogen-bond donors (Lipinski definition) is 1. The Labute approximate surface area is 153 Å². The molecule has 2 atom stereocenters. The topological polar surface area (TPSA) is 57.6 Å². The van der Waals surface area contributed by atoms with Gasteiger partial charge in [0.1, 0.15) is 10.4 Å². The molecule has 0 aromatic heterocycles. The van der Waals surface area contributed by atoms with Crippen LogP contribution in [0.2, 0.25) is 0 Å². The van der Waals surface area contributed by atoms with Crippen molar-refractivity contribution in [2.24, 2.45) is 5.92 Å². The van der Waals surface area contributed by atoms with Crippen molar-refractivity contribution in [2.75, 3.05) is 0 Å². The molecule has 1 amide bonds. The van der Waals surface area contributed by atoms with E-state index in [1.807, 2.05) is 38.1 Å². The van der Waals surface area contributed by atoms with Crippen LogP contribution in [0.3, 0.4) is 0 Å². The maximum atomic E-state index is 12.6. The monoisotopic (exact) mass is 413 g/mol. The Bertz CT molecular complexity index is 690. The molecule has 122 valence electrons. The predicted molar refractivity (Wildman–Crippen MR) is 100 cm³/mol. The number of rotatable bonds is 5. The summed E-state index contributed by atoms with van der Waals surface area (Å²) >= 11 is 9.79. The highest BCUT2D eigenvalue weighted by molar-refractivity contribution is 9.10. The van der Waals surface area contributed by atoms with Crippen LogP contribution < -0.4 is 0 Å². The van der Waals surface area contributed by atoms with Crippen molar-refractivity contribution in [2.45, 2.75) is 26.3 Å². The van der Waals surface area contributed by atoms with Gasteiger partial charge in [0.25, 0.3) is 5.91 Å². The third kappa shape index (κ3) is 4.02. The summed E-state index contributed by atoms with van der Waals surface area (Å²) in [6.45, 7) is 3.71. The van der Waals surface area contributed by atoms with Gasteiger partial charge in [-0.2, -0.15) is 0 Å². The summed E-state index contributed by atoms with van der Waals surface area (Å²) in [6, 6.07) is 6.60. The molecule has 0 unspecified atom stereocenters. The summed E-state index contributed by atoms with van der Waals surface area (Å²) in [5.74, 6) is -1.55. The van der Waals surface area contributed by atoms with Crippen LogP contribution in [0.5, 0.6) is 0 Å². The van der Waals surface area contributed by atoms with Gasteiger partial charge < -0.3 is 5.11 Å². The fraction of sp³-hybridized carbons (Fsp3) is 0.312. The molecule has 0 saturated carbocycles. The van der Waals surface area contributed by atoms with Crippen molar-refractivity contribution >= 4 is 62.2 Å². The van der Waals surface area contributed by atoms with Crippen molar-refractivity contribution in [3.05, 3.63) is 39.2 Å². The lowest BCUT2D eigenvalue weighted by Gasteiger charge is -2.27. The molecule has 1 aliphatic rings. The van der Waals surface area contributed by atoms with Gasteiger partial charge in [-0.05, 0) is 29.7 Å². The van der Waals surface area contributed by atoms with E-state index in [4.69, 9.17) is 12.2 Å². The van der Waals surface area contributed by atoms with Crippen LogP contribution in [0.1, 0.15) is 25.8 Å². The Morgan fingerprint density at radius 2 is 2.22 bits per heavy atom. The fourth-order valence-electron chi connectivity index (χ4n) is 2.30. The van der Waals surface area contributed by atoms with Gasteiger partial charge in [-0.25, -0.2) is 4.79 Å². The molecular formula is C16H16BrNO3S2. The molecule has 1 N–H and O–H groups in total. The molecule has 23 heavy (non-hydrogen) atoms. The molecule has 1 heterocycles. The molecule has 7 heteroatoms. The van der Waals surface area contributed by atoms with Crippen LogP contribution >= 0.6 is 39.9 Å². The van der Waals surface area contributed by atoms with E-state index >= 15 is 0 Å². The molecule has 1 aliphatic heterocycles. The first kappa shape index (κ1) is 18.2. The summed E-state index contributed by atoms with van der Waals surface area (Å²) in [5.41, 5.74) is 0.857. The van der Waals surface area contributed by atoms with E-state index in [0.717, 1.165) is 21.8 Å². The van der Waals surface area contributed by atoms with Gasteiger partial charge in [0.15, 0.2) is 0 Å². The molecule has 4 nitrogen and oxygen atoms in total. The van der Waals surface area contributed by atoms with Crippen LogP contribution in [-0.2, 0) is 9.59 Å².